The number of fused-ring (bicyclic) bond motifs is 1. The van der Waals surface area contributed by atoms with Gasteiger partial charge in [0.15, 0.2) is 0 Å². The van der Waals surface area contributed by atoms with Crippen LogP contribution in [0.4, 0.5) is 0 Å². The summed E-state index contributed by atoms with van der Waals surface area (Å²) >= 11 is 1.37. The molecule has 0 saturated heterocycles. The van der Waals surface area contributed by atoms with E-state index in [1.807, 2.05) is 32.0 Å². The Morgan fingerprint density at radius 2 is 2.20 bits per heavy atom. The summed E-state index contributed by atoms with van der Waals surface area (Å²) in [7, 11) is 1.61. The predicted octanol–water partition coefficient (Wildman–Crippen LogP) is 2.04. The van der Waals surface area contributed by atoms with Crippen LogP contribution in [0, 0.1) is 0 Å². The summed E-state index contributed by atoms with van der Waals surface area (Å²) < 4.78 is 16.0. The first-order chi connectivity index (χ1) is 9.60. The van der Waals surface area contributed by atoms with Crippen molar-refractivity contribution in [2.75, 3.05) is 20.3 Å². The van der Waals surface area contributed by atoms with Crippen molar-refractivity contribution in [3.63, 3.8) is 0 Å². The third-order valence-corrected chi connectivity index (χ3v) is 3.60. The van der Waals surface area contributed by atoms with Crippen LogP contribution in [0.25, 0.3) is 10.1 Å². The number of aliphatic hydroxyl groups excluding tert-OH is 1. The Bertz CT molecular complexity index is 556. The predicted molar refractivity (Wildman–Crippen MR) is 80.8 cm³/mol. The summed E-state index contributed by atoms with van der Waals surface area (Å²) in [5, 5.41) is 13.9. The van der Waals surface area contributed by atoms with Crippen molar-refractivity contribution in [1.29, 1.82) is 0 Å². The van der Waals surface area contributed by atoms with Crippen molar-refractivity contribution < 1.29 is 14.6 Å². The van der Waals surface area contributed by atoms with Crippen LogP contribution < -0.4 is 14.8 Å². The molecule has 1 atom stereocenters. The third kappa shape index (κ3) is 3.82. The van der Waals surface area contributed by atoms with Gasteiger partial charge in [0.05, 0.1) is 17.2 Å². The number of hydrogen-bond donors (Lipinski definition) is 2. The first-order valence-corrected chi connectivity index (χ1v) is 7.35. The normalized spacial score (nSPS) is 12.8. The molecule has 110 valence electrons. The minimum Gasteiger partial charge on any atom is -0.491 e. The highest BCUT2D eigenvalue weighted by Gasteiger charge is 2.09. The van der Waals surface area contributed by atoms with Gasteiger partial charge in [-0.3, -0.25) is 0 Å². The Kier molecular flexibility index (Phi) is 5.17. The minimum atomic E-state index is -0.524. The monoisotopic (exact) mass is 296 g/mol. The van der Waals surface area contributed by atoms with Gasteiger partial charge in [-0.1, -0.05) is 13.8 Å². The van der Waals surface area contributed by atoms with Gasteiger partial charge >= 0.3 is 0 Å². The largest absolute Gasteiger partial charge is 0.491 e. The molecule has 0 spiro atoms. The number of ether oxygens (including phenoxy) is 2. The van der Waals surface area contributed by atoms with E-state index >= 15 is 0 Å². The summed E-state index contributed by atoms with van der Waals surface area (Å²) in [6.07, 6.45) is -0.524. The lowest BCUT2D eigenvalue weighted by atomic mass is 10.2. The van der Waals surface area contributed by atoms with Crippen molar-refractivity contribution in [1.82, 2.24) is 9.69 Å². The number of methoxy groups -OCH3 is 1. The van der Waals surface area contributed by atoms with E-state index in [0.29, 0.717) is 18.5 Å². The fraction of sp³-hybridized carbons (Fsp3) is 0.500. The van der Waals surface area contributed by atoms with Gasteiger partial charge in [-0.15, -0.1) is 0 Å². The molecule has 0 aliphatic heterocycles. The number of aliphatic hydroxyl groups is 1. The summed E-state index contributed by atoms with van der Waals surface area (Å²) in [5.41, 5.74) is 0. The number of nitrogens with one attached hydrogen (secondary N) is 1. The van der Waals surface area contributed by atoms with Crippen molar-refractivity contribution in [2.24, 2.45) is 0 Å². The zero-order valence-corrected chi connectivity index (χ0v) is 12.7. The van der Waals surface area contributed by atoms with E-state index in [4.69, 9.17) is 9.47 Å². The number of benzene rings is 1. The second kappa shape index (κ2) is 6.88. The molecule has 0 fully saturated rings. The van der Waals surface area contributed by atoms with Crippen molar-refractivity contribution in [3.05, 3.63) is 18.2 Å². The highest BCUT2D eigenvalue weighted by molar-refractivity contribution is 7.13. The van der Waals surface area contributed by atoms with Crippen molar-refractivity contribution >= 4 is 21.6 Å². The SMILES string of the molecule is COc1nsc2cc(OCC(O)CNC(C)C)ccc12. The second-order valence-electron chi connectivity index (χ2n) is 4.88. The highest BCUT2D eigenvalue weighted by atomic mass is 32.1. The number of aromatic nitrogens is 1. The maximum atomic E-state index is 9.80. The van der Waals surface area contributed by atoms with Crippen LogP contribution in [-0.4, -0.2) is 41.9 Å². The minimum absolute atomic E-state index is 0.265. The molecule has 0 aliphatic carbocycles. The van der Waals surface area contributed by atoms with Crippen molar-refractivity contribution in [2.45, 2.75) is 26.0 Å². The fourth-order valence-corrected chi connectivity index (χ4v) is 2.53. The maximum Gasteiger partial charge on any atom is 0.232 e. The Morgan fingerprint density at radius 3 is 2.90 bits per heavy atom. The molecule has 1 aromatic carbocycles. The molecule has 2 N–H and O–H groups in total. The van der Waals surface area contributed by atoms with Gasteiger partial charge in [0, 0.05) is 12.6 Å². The first-order valence-electron chi connectivity index (χ1n) is 6.58. The molecule has 0 bridgehead atoms. The van der Waals surface area contributed by atoms with Gasteiger partial charge < -0.3 is 19.9 Å². The number of rotatable bonds is 7. The van der Waals surface area contributed by atoms with E-state index in [-0.39, 0.29) is 6.61 Å². The number of hydrogen-bond acceptors (Lipinski definition) is 6. The Balaban J connectivity index is 1.93. The first kappa shape index (κ1) is 15.0. The molecule has 2 aromatic rings. The lowest BCUT2D eigenvalue weighted by molar-refractivity contribution is 0.105. The zero-order valence-electron chi connectivity index (χ0n) is 11.9. The van der Waals surface area contributed by atoms with Crippen LogP contribution in [0.1, 0.15) is 13.8 Å². The molecule has 0 radical (unpaired) electrons. The van der Waals surface area contributed by atoms with Crippen molar-refractivity contribution in [3.8, 4) is 11.6 Å². The van der Waals surface area contributed by atoms with Crippen LogP contribution in [0.15, 0.2) is 18.2 Å². The second-order valence-corrected chi connectivity index (χ2v) is 5.68. The molecule has 0 aliphatic rings. The van der Waals surface area contributed by atoms with E-state index < -0.39 is 6.10 Å². The summed E-state index contributed by atoms with van der Waals surface area (Å²) in [4.78, 5) is 0. The molecule has 0 saturated carbocycles. The smallest absolute Gasteiger partial charge is 0.232 e. The van der Waals surface area contributed by atoms with Gasteiger partial charge in [0.25, 0.3) is 0 Å². The van der Waals surface area contributed by atoms with Gasteiger partial charge in [0.1, 0.15) is 18.5 Å². The molecular formula is C14H20N2O3S. The lowest BCUT2D eigenvalue weighted by Crippen LogP contribution is -2.35. The molecule has 0 amide bonds. The molecule has 1 aromatic heterocycles. The van der Waals surface area contributed by atoms with Gasteiger partial charge in [-0.25, -0.2) is 0 Å². The van der Waals surface area contributed by atoms with Gasteiger partial charge in [-0.2, -0.15) is 4.37 Å². The topological polar surface area (TPSA) is 63.6 Å². The van der Waals surface area contributed by atoms with Gasteiger partial charge in [0.2, 0.25) is 5.88 Å². The van der Waals surface area contributed by atoms with Crippen LogP contribution >= 0.6 is 11.5 Å². The molecule has 5 nitrogen and oxygen atoms in total. The molecule has 6 heteroatoms. The average molecular weight is 296 g/mol. The van der Waals surface area contributed by atoms with E-state index in [9.17, 15) is 5.11 Å². The molecule has 2 rings (SSSR count). The summed E-state index contributed by atoms with van der Waals surface area (Å²) in [5.74, 6) is 1.37. The molecular weight excluding hydrogens is 276 g/mol. The van der Waals surface area contributed by atoms with Crippen LogP contribution in [0.5, 0.6) is 11.6 Å². The number of nitrogens with zero attached hydrogens (tertiary/aromatic N) is 1. The Labute approximate surface area is 122 Å². The van der Waals surface area contributed by atoms with E-state index in [0.717, 1.165) is 15.8 Å². The Morgan fingerprint density at radius 1 is 1.40 bits per heavy atom. The quantitative estimate of drug-likeness (QED) is 0.818. The molecule has 1 unspecified atom stereocenters. The maximum absolute atomic E-state index is 9.80. The fourth-order valence-electron chi connectivity index (χ4n) is 1.75. The lowest BCUT2D eigenvalue weighted by Gasteiger charge is -2.15. The summed E-state index contributed by atoms with van der Waals surface area (Å²) in [6, 6.07) is 6.05. The zero-order chi connectivity index (χ0) is 14.5. The van der Waals surface area contributed by atoms with Crippen LogP contribution in [0.2, 0.25) is 0 Å². The highest BCUT2D eigenvalue weighted by Crippen LogP contribution is 2.31. The van der Waals surface area contributed by atoms with E-state index in [2.05, 4.69) is 9.69 Å². The van der Waals surface area contributed by atoms with Gasteiger partial charge in [-0.05, 0) is 29.7 Å². The Hall–Kier alpha value is -1.37. The average Bonchev–Trinajstić information content (AvgIpc) is 2.85. The third-order valence-electron chi connectivity index (χ3n) is 2.81. The molecule has 20 heavy (non-hydrogen) atoms. The molecule has 1 heterocycles. The van der Waals surface area contributed by atoms with E-state index in [1.54, 1.807) is 7.11 Å². The van der Waals surface area contributed by atoms with E-state index in [1.165, 1.54) is 11.5 Å². The summed E-state index contributed by atoms with van der Waals surface area (Å²) in [6.45, 7) is 4.87. The van der Waals surface area contributed by atoms with Crippen LogP contribution in [0.3, 0.4) is 0 Å². The standard InChI is InChI=1S/C14H20N2O3S/c1-9(2)15-7-10(17)8-19-11-4-5-12-13(6-11)20-16-14(12)18-3/h4-6,9-10,15,17H,7-8H2,1-3H3. The van der Waals surface area contributed by atoms with Crippen LogP contribution in [-0.2, 0) is 0 Å².